The number of rotatable bonds is 6. The van der Waals surface area contributed by atoms with Crippen LogP contribution in [0.3, 0.4) is 0 Å². The number of fused-ring (bicyclic) bond motifs is 1. The van der Waals surface area contributed by atoms with E-state index in [9.17, 15) is 4.79 Å². The SMILES string of the molecule is CC1CCN(C(CNC(=O)Cc2cn3ccsc3n2)c2cccs2)CC1. The summed E-state index contributed by atoms with van der Waals surface area (Å²) in [6.07, 6.45) is 6.72. The number of hydrogen-bond donors (Lipinski definition) is 1. The van der Waals surface area contributed by atoms with Crippen LogP contribution in [-0.4, -0.2) is 39.8 Å². The molecule has 0 aliphatic carbocycles. The van der Waals surface area contributed by atoms with E-state index in [0.29, 0.717) is 13.0 Å². The van der Waals surface area contributed by atoms with E-state index in [1.807, 2.05) is 22.2 Å². The summed E-state index contributed by atoms with van der Waals surface area (Å²) in [6, 6.07) is 4.55. The first kappa shape index (κ1) is 17.7. The average molecular weight is 389 g/mol. The summed E-state index contributed by atoms with van der Waals surface area (Å²) in [5.41, 5.74) is 0.828. The summed E-state index contributed by atoms with van der Waals surface area (Å²) in [5.74, 6) is 0.849. The van der Waals surface area contributed by atoms with Crippen LogP contribution in [0.15, 0.2) is 35.3 Å². The minimum absolute atomic E-state index is 0.0442. The first-order valence-corrected chi connectivity index (χ1v) is 10.9. The Morgan fingerprint density at radius 1 is 1.35 bits per heavy atom. The Labute approximate surface area is 161 Å². The molecule has 0 bridgehead atoms. The molecular weight excluding hydrogens is 364 g/mol. The molecule has 3 aromatic rings. The van der Waals surface area contributed by atoms with Crippen molar-refractivity contribution in [2.75, 3.05) is 19.6 Å². The Kier molecular flexibility index (Phi) is 5.38. The number of amides is 1. The van der Waals surface area contributed by atoms with Crippen LogP contribution in [0.1, 0.15) is 36.4 Å². The Morgan fingerprint density at radius 2 is 2.19 bits per heavy atom. The number of aromatic nitrogens is 2. The largest absolute Gasteiger partial charge is 0.354 e. The molecule has 1 aliphatic heterocycles. The van der Waals surface area contributed by atoms with Crippen molar-refractivity contribution in [1.82, 2.24) is 19.6 Å². The second-order valence-corrected chi connectivity index (χ2v) is 8.91. The van der Waals surface area contributed by atoms with Gasteiger partial charge in [0, 0.05) is 29.2 Å². The molecule has 5 nitrogen and oxygen atoms in total. The number of thiophene rings is 1. The van der Waals surface area contributed by atoms with Crippen molar-refractivity contribution < 1.29 is 4.79 Å². The molecule has 7 heteroatoms. The van der Waals surface area contributed by atoms with Gasteiger partial charge in [-0.25, -0.2) is 4.98 Å². The maximum absolute atomic E-state index is 12.4. The molecule has 3 aromatic heterocycles. The van der Waals surface area contributed by atoms with Crippen molar-refractivity contribution in [2.45, 2.75) is 32.2 Å². The number of carbonyl (C=O) groups excluding carboxylic acids is 1. The number of carbonyl (C=O) groups is 1. The van der Waals surface area contributed by atoms with Crippen molar-refractivity contribution in [3.63, 3.8) is 0 Å². The highest BCUT2D eigenvalue weighted by Crippen LogP contribution is 2.29. The van der Waals surface area contributed by atoms with Crippen molar-refractivity contribution in [3.8, 4) is 0 Å². The van der Waals surface area contributed by atoms with Crippen LogP contribution in [0.2, 0.25) is 0 Å². The van der Waals surface area contributed by atoms with Crippen molar-refractivity contribution in [3.05, 3.63) is 45.9 Å². The average Bonchev–Trinajstić information content (AvgIpc) is 3.34. The first-order valence-electron chi connectivity index (χ1n) is 9.14. The monoisotopic (exact) mass is 388 g/mol. The zero-order valence-electron chi connectivity index (χ0n) is 14.9. The molecule has 1 saturated heterocycles. The Morgan fingerprint density at radius 3 is 2.92 bits per heavy atom. The van der Waals surface area contributed by atoms with E-state index >= 15 is 0 Å². The second kappa shape index (κ2) is 7.90. The number of hydrogen-bond acceptors (Lipinski definition) is 5. The molecule has 1 N–H and O–H groups in total. The lowest BCUT2D eigenvalue weighted by Crippen LogP contribution is -2.42. The molecule has 4 rings (SSSR count). The Balaban J connectivity index is 1.37. The van der Waals surface area contributed by atoms with Crippen molar-refractivity contribution in [2.24, 2.45) is 5.92 Å². The highest BCUT2D eigenvalue weighted by molar-refractivity contribution is 7.15. The number of thiazole rings is 1. The van der Waals surface area contributed by atoms with Crippen molar-refractivity contribution in [1.29, 1.82) is 0 Å². The predicted octanol–water partition coefficient (Wildman–Crippen LogP) is 3.59. The molecule has 1 unspecified atom stereocenters. The summed E-state index contributed by atoms with van der Waals surface area (Å²) in [7, 11) is 0. The van der Waals surface area contributed by atoms with Gasteiger partial charge in [-0.05, 0) is 43.3 Å². The lowest BCUT2D eigenvalue weighted by molar-refractivity contribution is -0.120. The standard InChI is InChI=1S/C19H24N4OS2/c1-14-4-6-22(7-5-14)16(17-3-2-9-25-17)12-20-18(24)11-15-13-23-8-10-26-19(23)21-15/h2-3,8-10,13-14,16H,4-7,11-12H2,1H3,(H,20,24). The third-order valence-corrected chi connectivity index (χ3v) is 6.85. The van der Waals surface area contributed by atoms with Gasteiger partial charge in [0.1, 0.15) is 0 Å². The topological polar surface area (TPSA) is 49.6 Å². The zero-order valence-corrected chi connectivity index (χ0v) is 16.6. The highest BCUT2D eigenvalue weighted by Gasteiger charge is 2.25. The summed E-state index contributed by atoms with van der Waals surface area (Å²) >= 11 is 3.36. The third kappa shape index (κ3) is 4.00. The van der Waals surface area contributed by atoms with Gasteiger partial charge < -0.3 is 5.32 Å². The molecule has 1 aliphatic rings. The lowest BCUT2D eigenvalue weighted by Gasteiger charge is -2.36. The third-order valence-electron chi connectivity index (χ3n) is 5.11. The Hall–Kier alpha value is -1.70. The van der Waals surface area contributed by atoms with E-state index in [1.54, 1.807) is 22.7 Å². The molecule has 1 atom stereocenters. The van der Waals surface area contributed by atoms with E-state index in [1.165, 1.54) is 17.7 Å². The van der Waals surface area contributed by atoms with Gasteiger partial charge in [-0.3, -0.25) is 14.1 Å². The molecule has 0 spiro atoms. The van der Waals surface area contributed by atoms with Crippen molar-refractivity contribution >= 4 is 33.5 Å². The number of nitrogens with zero attached hydrogens (tertiary/aromatic N) is 3. The smallest absolute Gasteiger partial charge is 0.226 e. The molecule has 0 saturated carbocycles. The molecule has 0 radical (unpaired) electrons. The maximum Gasteiger partial charge on any atom is 0.226 e. The number of likely N-dealkylation sites (tertiary alicyclic amines) is 1. The fraction of sp³-hybridized carbons (Fsp3) is 0.474. The summed E-state index contributed by atoms with van der Waals surface area (Å²) in [5, 5.41) is 7.26. The normalized spacial score (nSPS) is 17.6. The first-order chi connectivity index (χ1) is 12.7. The number of imidazole rings is 1. The fourth-order valence-electron chi connectivity index (χ4n) is 3.53. The highest BCUT2D eigenvalue weighted by atomic mass is 32.1. The van der Waals surface area contributed by atoms with E-state index in [2.05, 4.69) is 39.6 Å². The van der Waals surface area contributed by atoms with E-state index < -0.39 is 0 Å². The van der Waals surface area contributed by atoms with Crippen LogP contribution in [0.4, 0.5) is 0 Å². The van der Waals surface area contributed by atoms with Gasteiger partial charge in [0.15, 0.2) is 4.96 Å². The lowest BCUT2D eigenvalue weighted by atomic mass is 9.97. The van der Waals surface area contributed by atoms with Crippen LogP contribution in [-0.2, 0) is 11.2 Å². The predicted molar refractivity (Wildman–Crippen MR) is 107 cm³/mol. The van der Waals surface area contributed by atoms with Gasteiger partial charge in [0.25, 0.3) is 0 Å². The summed E-state index contributed by atoms with van der Waals surface area (Å²) in [6.45, 7) is 5.21. The van der Waals surface area contributed by atoms with E-state index in [4.69, 9.17) is 0 Å². The van der Waals surface area contributed by atoms with Crippen LogP contribution in [0, 0.1) is 5.92 Å². The number of piperidine rings is 1. The molecule has 26 heavy (non-hydrogen) atoms. The molecule has 138 valence electrons. The van der Waals surface area contributed by atoms with E-state index in [0.717, 1.165) is 29.7 Å². The van der Waals surface area contributed by atoms with Gasteiger partial charge in [0.05, 0.1) is 18.2 Å². The molecule has 1 amide bonds. The number of nitrogens with one attached hydrogen (secondary N) is 1. The quantitative estimate of drug-likeness (QED) is 0.702. The molecule has 1 fully saturated rings. The van der Waals surface area contributed by atoms with Gasteiger partial charge in [0.2, 0.25) is 5.91 Å². The summed E-state index contributed by atoms with van der Waals surface area (Å²) < 4.78 is 1.97. The fourth-order valence-corrected chi connectivity index (χ4v) is 5.11. The zero-order chi connectivity index (χ0) is 17.9. The van der Waals surface area contributed by atoms with Crippen LogP contribution in [0.25, 0.3) is 4.96 Å². The molecule has 4 heterocycles. The Bertz CT molecular complexity index is 818. The molecular formula is C19H24N4OS2. The van der Waals surface area contributed by atoms with Gasteiger partial charge in [-0.2, -0.15) is 0 Å². The van der Waals surface area contributed by atoms with E-state index in [-0.39, 0.29) is 11.9 Å². The second-order valence-electron chi connectivity index (χ2n) is 7.06. The molecule has 0 aromatic carbocycles. The summed E-state index contributed by atoms with van der Waals surface area (Å²) in [4.78, 5) is 21.7. The van der Waals surface area contributed by atoms with Crippen LogP contribution >= 0.6 is 22.7 Å². The minimum Gasteiger partial charge on any atom is -0.354 e. The minimum atomic E-state index is 0.0442. The van der Waals surface area contributed by atoms with Gasteiger partial charge in [-0.15, -0.1) is 22.7 Å². The maximum atomic E-state index is 12.4. The van der Waals surface area contributed by atoms with Crippen LogP contribution in [0.5, 0.6) is 0 Å². The van der Waals surface area contributed by atoms with Gasteiger partial charge in [-0.1, -0.05) is 13.0 Å². The van der Waals surface area contributed by atoms with Gasteiger partial charge >= 0.3 is 0 Å². The van der Waals surface area contributed by atoms with Crippen LogP contribution < -0.4 is 5.32 Å².